The van der Waals surface area contributed by atoms with Gasteiger partial charge in [-0.25, -0.2) is 0 Å². The zero-order chi connectivity index (χ0) is 19.0. The summed E-state index contributed by atoms with van der Waals surface area (Å²) < 4.78 is 0. The summed E-state index contributed by atoms with van der Waals surface area (Å²) in [7, 11) is 0. The fraction of sp³-hybridized carbons (Fsp3) is 0.154. The van der Waals surface area contributed by atoms with Gasteiger partial charge in [0.2, 0.25) is 0 Å². The summed E-state index contributed by atoms with van der Waals surface area (Å²) in [5, 5.41) is 3.33. The summed E-state index contributed by atoms with van der Waals surface area (Å²) in [6.07, 6.45) is 0. The lowest BCUT2D eigenvalue weighted by atomic mass is 9.80. The summed E-state index contributed by atoms with van der Waals surface area (Å²) in [6, 6.07) is 30.0. The van der Waals surface area contributed by atoms with Crippen molar-refractivity contribution in [2.45, 2.75) is 26.2 Å². The standard InChI is InChI=1S/C26H23Cl/c1-26(2,3)24-17-20(27)15-16-22(24)23-14-8-12-19-11-7-13-21(25(19)23)18-9-5-4-6-10-18/h4-17H,1-3H3. The van der Waals surface area contributed by atoms with Gasteiger partial charge in [-0.05, 0) is 56.1 Å². The zero-order valence-corrected chi connectivity index (χ0v) is 16.7. The molecule has 27 heavy (non-hydrogen) atoms. The number of benzene rings is 4. The second kappa shape index (κ2) is 6.87. The summed E-state index contributed by atoms with van der Waals surface area (Å²) in [5.74, 6) is 0. The van der Waals surface area contributed by atoms with Gasteiger partial charge in [-0.3, -0.25) is 0 Å². The molecular weight excluding hydrogens is 348 g/mol. The van der Waals surface area contributed by atoms with E-state index in [0.717, 1.165) is 5.02 Å². The Hall–Kier alpha value is -2.57. The Morgan fingerprint density at radius 2 is 1.30 bits per heavy atom. The van der Waals surface area contributed by atoms with Crippen molar-refractivity contribution in [1.82, 2.24) is 0 Å². The highest BCUT2D eigenvalue weighted by atomic mass is 35.5. The van der Waals surface area contributed by atoms with Crippen molar-refractivity contribution in [2.24, 2.45) is 0 Å². The van der Waals surface area contributed by atoms with Crippen molar-refractivity contribution in [2.75, 3.05) is 0 Å². The van der Waals surface area contributed by atoms with Crippen molar-refractivity contribution in [3.05, 3.63) is 95.5 Å². The van der Waals surface area contributed by atoms with Crippen molar-refractivity contribution >= 4 is 22.4 Å². The van der Waals surface area contributed by atoms with Crippen molar-refractivity contribution in [3.8, 4) is 22.3 Å². The molecule has 4 aromatic rings. The van der Waals surface area contributed by atoms with Gasteiger partial charge in [0, 0.05) is 5.02 Å². The van der Waals surface area contributed by atoms with Crippen molar-refractivity contribution in [1.29, 1.82) is 0 Å². The van der Waals surface area contributed by atoms with Crippen LogP contribution in [0.2, 0.25) is 5.02 Å². The Morgan fingerprint density at radius 1 is 0.630 bits per heavy atom. The molecule has 4 rings (SSSR count). The predicted octanol–water partition coefficient (Wildman–Crippen LogP) is 8.12. The highest BCUT2D eigenvalue weighted by Crippen LogP contribution is 2.41. The molecule has 134 valence electrons. The predicted molar refractivity (Wildman–Crippen MR) is 119 cm³/mol. The third-order valence-corrected chi connectivity index (χ3v) is 5.30. The van der Waals surface area contributed by atoms with E-state index in [1.165, 1.54) is 38.6 Å². The molecule has 0 aliphatic heterocycles. The van der Waals surface area contributed by atoms with E-state index < -0.39 is 0 Å². The van der Waals surface area contributed by atoms with Gasteiger partial charge in [-0.2, -0.15) is 0 Å². The Kier molecular flexibility index (Phi) is 4.53. The van der Waals surface area contributed by atoms with Gasteiger partial charge < -0.3 is 0 Å². The first-order valence-corrected chi connectivity index (χ1v) is 9.70. The van der Waals surface area contributed by atoms with E-state index in [-0.39, 0.29) is 5.41 Å². The molecule has 0 spiro atoms. The molecule has 0 N–H and O–H groups in total. The van der Waals surface area contributed by atoms with Crippen LogP contribution in [0.4, 0.5) is 0 Å². The van der Waals surface area contributed by atoms with Crippen LogP contribution >= 0.6 is 11.6 Å². The van der Waals surface area contributed by atoms with Crippen LogP contribution in [0.3, 0.4) is 0 Å². The van der Waals surface area contributed by atoms with E-state index in [1.54, 1.807) is 0 Å². The van der Waals surface area contributed by atoms with Crippen LogP contribution in [0.5, 0.6) is 0 Å². The molecule has 0 heterocycles. The maximum Gasteiger partial charge on any atom is 0.0409 e. The molecule has 0 unspecified atom stereocenters. The molecule has 0 bridgehead atoms. The number of rotatable bonds is 2. The van der Waals surface area contributed by atoms with Gasteiger partial charge in [0.25, 0.3) is 0 Å². The zero-order valence-electron chi connectivity index (χ0n) is 16.0. The van der Waals surface area contributed by atoms with Crippen LogP contribution in [0.1, 0.15) is 26.3 Å². The van der Waals surface area contributed by atoms with Crippen LogP contribution in [0.25, 0.3) is 33.0 Å². The SMILES string of the molecule is CC(C)(C)c1cc(Cl)ccc1-c1cccc2cccc(-c3ccccc3)c12. The van der Waals surface area contributed by atoms with E-state index in [1.807, 2.05) is 6.07 Å². The molecule has 0 fully saturated rings. The molecule has 0 aliphatic carbocycles. The summed E-state index contributed by atoms with van der Waals surface area (Å²) in [5.41, 5.74) is 6.28. The van der Waals surface area contributed by atoms with Gasteiger partial charge >= 0.3 is 0 Å². The molecule has 0 saturated heterocycles. The second-order valence-electron chi connectivity index (χ2n) is 8.02. The first-order valence-electron chi connectivity index (χ1n) is 9.33. The van der Waals surface area contributed by atoms with Gasteiger partial charge in [-0.1, -0.05) is 105 Å². The van der Waals surface area contributed by atoms with Gasteiger partial charge in [0.15, 0.2) is 0 Å². The summed E-state index contributed by atoms with van der Waals surface area (Å²) >= 11 is 6.36. The average Bonchev–Trinajstić information content (AvgIpc) is 2.67. The van der Waals surface area contributed by atoms with Gasteiger partial charge in [0.05, 0.1) is 0 Å². The molecule has 0 atom stereocenters. The molecule has 0 amide bonds. The lowest BCUT2D eigenvalue weighted by molar-refractivity contribution is 0.592. The minimum Gasteiger partial charge on any atom is -0.0843 e. The molecule has 1 heteroatoms. The lowest BCUT2D eigenvalue weighted by Gasteiger charge is -2.24. The van der Waals surface area contributed by atoms with Crippen molar-refractivity contribution < 1.29 is 0 Å². The van der Waals surface area contributed by atoms with E-state index in [9.17, 15) is 0 Å². The number of halogens is 1. The Bertz CT molecular complexity index is 1100. The number of hydrogen-bond acceptors (Lipinski definition) is 0. The van der Waals surface area contributed by atoms with E-state index in [4.69, 9.17) is 11.6 Å². The van der Waals surface area contributed by atoms with Gasteiger partial charge in [0.1, 0.15) is 0 Å². The Balaban J connectivity index is 2.08. The fourth-order valence-electron chi connectivity index (χ4n) is 3.80. The van der Waals surface area contributed by atoms with Crippen LogP contribution in [-0.4, -0.2) is 0 Å². The molecule has 0 aromatic heterocycles. The molecule has 0 saturated carbocycles. The highest BCUT2D eigenvalue weighted by Gasteiger charge is 2.21. The van der Waals surface area contributed by atoms with E-state index in [0.29, 0.717) is 0 Å². The summed E-state index contributed by atoms with van der Waals surface area (Å²) in [6.45, 7) is 6.72. The summed E-state index contributed by atoms with van der Waals surface area (Å²) in [4.78, 5) is 0. The smallest absolute Gasteiger partial charge is 0.0409 e. The van der Waals surface area contributed by atoms with Crippen molar-refractivity contribution in [3.63, 3.8) is 0 Å². The second-order valence-corrected chi connectivity index (χ2v) is 8.45. The molecule has 0 aliphatic rings. The quantitative estimate of drug-likeness (QED) is 0.334. The number of fused-ring (bicyclic) bond motifs is 1. The maximum absolute atomic E-state index is 6.36. The van der Waals surface area contributed by atoms with Crippen LogP contribution in [-0.2, 0) is 5.41 Å². The maximum atomic E-state index is 6.36. The first-order chi connectivity index (χ1) is 12.9. The normalized spacial score (nSPS) is 11.7. The van der Waals surface area contributed by atoms with Crippen LogP contribution in [0.15, 0.2) is 84.9 Å². The Labute approximate surface area is 166 Å². The lowest BCUT2D eigenvalue weighted by Crippen LogP contribution is -2.12. The minimum absolute atomic E-state index is 0.00406. The minimum atomic E-state index is 0.00406. The molecule has 0 nitrogen and oxygen atoms in total. The monoisotopic (exact) mass is 370 g/mol. The molecule has 4 aromatic carbocycles. The van der Waals surface area contributed by atoms with Crippen LogP contribution in [0, 0.1) is 0 Å². The van der Waals surface area contributed by atoms with E-state index in [2.05, 4.69) is 99.6 Å². The molecule has 0 radical (unpaired) electrons. The van der Waals surface area contributed by atoms with Crippen LogP contribution < -0.4 is 0 Å². The third-order valence-electron chi connectivity index (χ3n) is 5.07. The van der Waals surface area contributed by atoms with Gasteiger partial charge in [-0.15, -0.1) is 0 Å². The Morgan fingerprint density at radius 3 is 1.96 bits per heavy atom. The highest BCUT2D eigenvalue weighted by molar-refractivity contribution is 6.30. The molecular formula is C26H23Cl. The largest absolute Gasteiger partial charge is 0.0843 e. The average molecular weight is 371 g/mol. The fourth-order valence-corrected chi connectivity index (χ4v) is 3.97. The number of hydrogen-bond donors (Lipinski definition) is 0. The third kappa shape index (κ3) is 3.38. The first kappa shape index (κ1) is 17.8. The topological polar surface area (TPSA) is 0 Å². The van der Waals surface area contributed by atoms with E-state index >= 15 is 0 Å².